The fraction of sp³-hybridized carbons (Fsp3) is 0.571. The van der Waals surface area contributed by atoms with E-state index in [2.05, 4.69) is 9.72 Å². The number of alkyl halides is 3. The average molecular weight is 302 g/mol. The highest BCUT2D eigenvalue weighted by atomic mass is 19.4. The van der Waals surface area contributed by atoms with E-state index >= 15 is 0 Å². The Morgan fingerprint density at radius 1 is 1.38 bits per heavy atom. The van der Waals surface area contributed by atoms with Gasteiger partial charge in [0.1, 0.15) is 5.82 Å². The number of nitrogens with zero attached hydrogens (tertiary/aromatic N) is 2. The minimum absolute atomic E-state index is 0.221. The normalized spacial score (nSPS) is 16.9. The molecule has 0 aliphatic carbocycles. The van der Waals surface area contributed by atoms with Crippen molar-refractivity contribution >= 4 is 11.8 Å². The number of rotatable bonds is 3. The second-order valence-electron chi connectivity index (χ2n) is 5.11. The lowest BCUT2D eigenvalue weighted by Gasteiger charge is -2.32. The minimum Gasteiger partial charge on any atom is -0.469 e. The van der Waals surface area contributed by atoms with E-state index in [0.29, 0.717) is 25.3 Å². The molecule has 4 nitrogen and oxygen atoms in total. The van der Waals surface area contributed by atoms with Gasteiger partial charge in [0.25, 0.3) is 0 Å². The van der Waals surface area contributed by atoms with Crippen molar-refractivity contribution in [3.8, 4) is 0 Å². The van der Waals surface area contributed by atoms with Crippen molar-refractivity contribution in [1.82, 2.24) is 4.98 Å². The molecule has 0 saturated carbocycles. The first kappa shape index (κ1) is 15.6. The third kappa shape index (κ3) is 4.09. The highest BCUT2D eigenvalue weighted by Crippen LogP contribution is 2.30. The number of anilines is 1. The Kier molecular flexibility index (Phi) is 4.69. The van der Waals surface area contributed by atoms with Gasteiger partial charge in [-0.2, -0.15) is 13.2 Å². The first-order valence-corrected chi connectivity index (χ1v) is 6.75. The molecule has 0 atom stereocenters. The van der Waals surface area contributed by atoms with Gasteiger partial charge in [-0.3, -0.25) is 4.79 Å². The lowest BCUT2D eigenvalue weighted by Crippen LogP contribution is -2.35. The van der Waals surface area contributed by atoms with Gasteiger partial charge in [-0.25, -0.2) is 4.98 Å². The fourth-order valence-corrected chi connectivity index (χ4v) is 2.43. The molecule has 1 fully saturated rings. The molecule has 2 rings (SSSR count). The number of esters is 1. The average Bonchev–Trinajstić information content (AvgIpc) is 2.47. The third-order valence-corrected chi connectivity index (χ3v) is 3.70. The number of halogens is 3. The maximum absolute atomic E-state index is 12.5. The van der Waals surface area contributed by atoms with Crippen LogP contribution >= 0.6 is 0 Å². The summed E-state index contributed by atoms with van der Waals surface area (Å²) in [5.41, 5.74) is -0.744. The van der Waals surface area contributed by atoms with Gasteiger partial charge in [-0.1, -0.05) is 0 Å². The second kappa shape index (κ2) is 6.32. The molecule has 21 heavy (non-hydrogen) atoms. The Bertz CT molecular complexity index is 480. The van der Waals surface area contributed by atoms with Gasteiger partial charge in [-0.15, -0.1) is 0 Å². The predicted octanol–water partition coefficient (Wildman–Crippen LogP) is 2.88. The molecule has 7 heteroatoms. The largest absolute Gasteiger partial charge is 0.469 e. The molecule has 1 aliphatic rings. The van der Waals surface area contributed by atoms with Crippen LogP contribution in [0.15, 0.2) is 18.3 Å². The van der Waals surface area contributed by atoms with Crippen molar-refractivity contribution in [3.05, 3.63) is 23.9 Å². The first-order chi connectivity index (χ1) is 9.90. The number of hydrogen-bond acceptors (Lipinski definition) is 4. The van der Waals surface area contributed by atoms with Crippen molar-refractivity contribution in [2.24, 2.45) is 5.92 Å². The fourth-order valence-electron chi connectivity index (χ4n) is 2.43. The molecular formula is C14H17F3N2O2. The van der Waals surface area contributed by atoms with Crippen LogP contribution in [0.2, 0.25) is 0 Å². The molecule has 1 aromatic heterocycles. The smallest absolute Gasteiger partial charge is 0.417 e. The Hall–Kier alpha value is -1.79. The van der Waals surface area contributed by atoms with Crippen LogP contribution in [0.4, 0.5) is 19.0 Å². The minimum atomic E-state index is -4.36. The van der Waals surface area contributed by atoms with Crippen LogP contribution in [0.1, 0.15) is 24.8 Å². The van der Waals surface area contributed by atoms with Crippen molar-refractivity contribution in [1.29, 1.82) is 0 Å². The highest BCUT2D eigenvalue weighted by molar-refractivity contribution is 5.69. The number of ether oxygens (including phenoxy) is 1. The molecule has 0 aromatic carbocycles. The number of carbonyl (C=O) groups excluding carboxylic acids is 1. The van der Waals surface area contributed by atoms with Crippen molar-refractivity contribution in [2.75, 3.05) is 25.1 Å². The maximum Gasteiger partial charge on any atom is 0.417 e. The summed E-state index contributed by atoms with van der Waals surface area (Å²) in [5.74, 6) is 0.587. The summed E-state index contributed by atoms with van der Waals surface area (Å²) in [6.45, 7) is 1.36. The summed E-state index contributed by atoms with van der Waals surface area (Å²) in [4.78, 5) is 17.0. The molecule has 2 heterocycles. The summed E-state index contributed by atoms with van der Waals surface area (Å²) in [6.07, 6.45) is -1.50. The highest BCUT2D eigenvalue weighted by Gasteiger charge is 2.31. The van der Waals surface area contributed by atoms with Crippen molar-refractivity contribution in [2.45, 2.75) is 25.4 Å². The van der Waals surface area contributed by atoms with E-state index in [4.69, 9.17) is 0 Å². The number of pyridine rings is 1. The molecule has 1 aromatic rings. The molecular weight excluding hydrogens is 285 g/mol. The van der Waals surface area contributed by atoms with E-state index in [0.717, 1.165) is 25.1 Å². The van der Waals surface area contributed by atoms with Gasteiger partial charge in [0.05, 0.1) is 12.7 Å². The van der Waals surface area contributed by atoms with E-state index in [-0.39, 0.29) is 11.9 Å². The Morgan fingerprint density at radius 3 is 2.52 bits per heavy atom. The molecule has 0 N–H and O–H groups in total. The number of carbonyl (C=O) groups is 1. The number of methoxy groups -OCH3 is 1. The van der Waals surface area contributed by atoms with Gasteiger partial charge in [0.2, 0.25) is 0 Å². The summed E-state index contributed by atoms with van der Waals surface area (Å²) in [7, 11) is 1.36. The Labute approximate surface area is 120 Å². The third-order valence-electron chi connectivity index (χ3n) is 3.70. The van der Waals surface area contributed by atoms with Gasteiger partial charge >= 0.3 is 12.1 Å². The van der Waals surface area contributed by atoms with Crippen LogP contribution in [-0.2, 0) is 15.7 Å². The zero-order valence-electron chi connectivity index (χ0n) is 11.7. The lowest BCUT2D eigenvalue weighted by atomic mass is 9.93. The number of hydrogen-bond donors (Lipinski definition) is 0. The summed E-state index contributed by atoms with van der Waals surface area (Å²) in [5, 5.41) is 0. The van der Waals surface area contributed by atoms with Crippen molar-refractivity contribution in [3.63, 3.8) is 0 Å². The van der Waals surface area contributed by atoms with Crippen LogP contribution in [0.25, 0.3) is 0 Å². The Morgan fingerprint density at radius 2 is 2.05 bits per heavy atom. The van der Waals surface area contributed by atoms with Crippen LogP contribution in [0, 0.1) is 5.92 Å². The quantitative estimate of drug-likeness (QED) is 0.805. The zero-order chi connectivity index (χ0) is 15.5. The molecule has 1 saturated heterocycles. The molecule has 0 spiro atoms. The van der Waals surface area contributed by atoms with Crippen molar-refractivity contribution < 1.29 is 22.7 Å². The van der Waals surface area contributed by atoms with Crippen LogP contribution in [0.5, 0.6) is 0 Å². The summed E-state index contributed by atoms with van der Waals surface area (Å²) < 4.78 is 42.1. The maximum atomic E-state index is 12.5. The standard InChI is InChI=1S/C14H17F3N2O2/c1-21-13(20)8-10-4-6-19(7-5-10)12-3-2-11(9-18-12)14(15,16)17/h2-3,9-10H,4-8H2,1H3. The van der Waals surface area contributed by atoms with E-state index in [1.807, 2.05) is 4.90 Å². The SMILES string of the molecule is COC(=O)CC1CCN(c2ccc(C(F)(F)F)cn2)CC1. The van der Waals surface area contributed by atoms with E-state index in [1.54, 1.807) is 0 Å². The number of aromatic nitrogens is 1. The first-order valence-electron chi connectivity index (χ1n) is 6.75. The van der Waals surface area contributed by atoms with E-state index < -0.39 is 11.7 Å². The van der Waals surface area contributed by atoms with Gasteiger partial charge < -0.3 is 9.64 Å². The van der Waals surface area contributed by atoms with Gasteiger partial charge in [0.15, 0.2) is 0 Å². The second-order valence-corrected chi connectivity index (χ2v) is 5.11. The molecule has 1 aliphatic heterocycles. The zero-order valence-corrected chi connectivity index (χ0v) is 11.7. The van der Waals surface area contributed by atoms with Gasteiger partial charge in [0, 0.05) is 25.7 Å². The predicted molar refractivity (Wildman–Crippen MR) is 70.8 cm³/mol. The van der Waals surface area contributed by atoms with Gasteiger partial charge in [-0.05, 0) is 30.9 Å². The Balaban J connectivity index is 1.92. The van der Waals surface area contributed by atoms with Crippen LogP contribution in [0.3, 0.4) is 0 Å². The molecule has 116 valence electrons. The van der Waals surface area contributed by atoms with Crippen LogP contribution < -0.4 is 4.90 Å². The van der Waals surface area contributed by atoms with E-state index in [1.165, 1.54) is 13.2 Å². The topological polar surface area (TPSA) is 42.4 Å². The molecule has 0 amide bonds. The monoisotopic (exact) mass is 302 g/mol. The van der Waals surface area contributed by atoms with E-state index in [9.17, 15) is 18.0 Å². The lowest BCUT2D eigenvalue weighted by molar-refractivity contribution is -0.142. The molecule has 0 radical (unpaired) electrons. The summed E-state index contributed by atoms with van der Waals surface area (Å²) in [6, 6.07) is 2.44. The molecule has 0 unspecified atom stereocenters. The van der Waals surface area contributed by atoms with Crippen LogP contribution in [-0.4, -0.2) is 31.2 Å². The number of piperidine rings is 1. The summed E-state index contributed by atoms with van der Waals surface area (Å²) >= 11 is 0. The molecule has 0 bridgehead atoms.